The topological polar surface area (TPSA) is 69.2 Å². The first-order valence-corrected chi connectivity index (χ1v) is 10.4. The summed E-state index contributed by atoms with van der Waals surface area (Å²) in [6, 6.07) is 19.1. The average molecular weight is 398 g/mol. The number of benzene rings is 2. The van der Waals surface area contributed by atoms with Crippen LogP contribution in [0.2, 0.25) is 0 Å². The summed E-state index contributed by atoms with van der Waals surface area (Å²) in [5.74, 6) is -0.741. The minimum absolute atomic E-state index is 0.129. The van der Waals surface area contributed by atoms with Crippen molar-refractivity contribution in [1.82, 2.24) is 9.97 Å². The Bertz CT molecular complexity index is 1030. The first kappa shape index (κ1) is 19.7. The van der Waals surface area contributed by atoms with Crippen molar-refractivity contribution in [3.05, 3.63) is 95.4 Å². The van der Waals surface area contributed by atoms with Gasteiger partial charge in [0.15, 0.2) is 5.76 Å². The molecule has 0 spiro atoms. The molecule has 0 unspecified atom stereocenters. The molecule has 0 aliphatic rings. The molecule has 7 heteroatoms. The Labute approximate surface area is 163 Å². The molecule has 0 fully saturated rings. The first-order valence-electron chi connectivity index (χ1n) is 8.73. The third kappa shape index (κ3) is 5.23. The molecule has 0 N–H and O–H groups in total. The number of hydrogen-bond acceptors (Lipinski definition) is 5. The van der Waals surface area contributed by atoms with Crippen molar-refractivity contribution in [2.45, 2.75) is 12.8 Å². The first-order chi connectivity index (χ1) is 13.6. The van der Waals surface area contributed by atoms with Crippen LogP contribution >= 0.6 is 0 Å². The van der Waals surface area contributed by atoms with E-state index < -0.39 is 20.8 Å². The van der Waals surface area contributed by atoms with Crippen LogP contribution in [0.25, 0.3) is 5.76 Å². The van der Waals surface area contributed by atoms with Gasteiger partial charge in [-0.05, 0) is 24.5 Å². The second kappa shape index (κ2) is 9.23. The number of halogens is 1. The van der Waals surface area contributed by atoms with Gasteiger partial charge in [-0.1, -0.05) is 60.7 Å². The predicted octanol–water partition coefficient (Wildman–Crippen LogP) is 4.20. The van der Waals surface area contributed by atoms with Crippen LogP contribution in [0.1, 0.15) is 17.5 Å². The highest BCUT2D eigenvalue weighted by Crippen LogP contribution is 2.26. The highest BCUT2D eigenvalue weighted by Gasteiger charge is 2.25. The van der Waals surface area contributed by atoms with Crippen molar-refractivity contribution in [3.63, 3.8) is 0 Å². The molecule has 144 valence electrons. The summed E-state index contributed by atoms with van der Waals surface area (Å²) in [6.45, 7) is 0. The second-order valence-electron chi connectivity index (χ2n) is 6.01. The largest absolute Gasteiger partial charge is 0.420 e. The van der Waals surface area contributed by atoms with E-state index in [1.807, 2.05) is 30.3 Å². The molecule has 0 bridgehead atoms. The van der Waals surface area contributed by atoms with Gasteiger partial charge in [-0.15, -0.1) is 0 Å². The normalized spacial score (nSPS) is 12.3. The van der Waals surface area contributed by atoms with Crippen LogP contribution in [0.3, 0.4) is 0 Å². The van der Waals surface area contributed by atoms with Crippen molar-refractivity contribution < 1.29 is 17.5 Å². The third-order valence-electron chi connectivity index (χ3n) is 3.94. The zero-order valence-corrected chi connectivity index (χ0v) is 15.8. The van der Waals surface area contributed by atoms with Gasteiger partial charge in [0.2, 0.25) is 9.84 Å². The molecule has 0 atom stereocenters. The van der Waals surface area contributed by atoms with E-state index in [2.05, 4.69) is 9.97 Å². The molecule has 0 amide bonds. The number of rotatable bonds is 8. The standard InChI is InChI=1S/C21H19FN2O3S/c22-20(28(25,26)16-7-11-17-9-3-1-4-10-17)19(18-12-5-2-6-13-18)27-21-23-14-8-15-24-21/h1-6,8-10,12-15H,7,11,16H2/b20-19-. The fourth-order valence-electron chi connectivity index (χ4n) is 2.57. The average Bonchev–Trinajstić information content (AvgIpc) is 2.73. The molecule has 0 saturated heterocycles. The highest BCUT2D eigenvalue weighted by molar-refractivity contribution is 7.95. The van der Waals surface area contributed by atoms with Crippen LogP contribution in [0.15, 0.2) is 84.3 Å². The Morgan fingerprint density at radius 3 is 2.14 bits per heavy atom. The van der Waals surface area contributed by atoms with E-state index >= 15 is 4.39 Å². The van der Waals surface area contributed by atoms with Gasteiger partial charge >= 0.3 is 6.01 Å². The quantitative estimate of drug-likeness (QED) is 0.532. The molecule has 5 nitrogen and oxygen atoms in total. The van der Waals surface area contributed by atoms with Crippen LogP contribution in [0.4, 0.5) is 4.39 Å². The van der Waals surface area contributed by atoms with Gasteiger partial charge in [-0.3, -0.25) is 0 Å². The van der Waals surface area contributed by atoms with E-state index in [1.54, 1.807) is 36.4 Å². The Hall–Kier alpha value is -3.06. The molecule has 3 aromatic rings. The van der Waals surface area contributed by atoms with Crippen molar-refractivity contribution in [2.75, 3.05) is 5.75 Å². The zero-order valence-electron chi connectivity index (χ0n) is 15.0. The van der Waals surface area contributed by atoms with Crippen LogP contribution < -0.4 is 4.74 Å². The lowest BCUT2D eigenvalue weighted by Crippen LogP contribution is -2.12. The summed E-state index contributed by atoms with van der Waals surface area (Å²) in [7, 11) is -4.17. The Balaban J connectivity index is 1.84. The van der Waals surface area contributed by atoms with Gasteiger partial charge in [0.1, 0.15) is 0 Å². The van der Waals surface area contributed by atoms with Gasteiger partial charge in [-0.25, -0.2) is 18.4 Å². The summed E-state index contributed by atoms with van der Waals surface area (Å²) < 4.78 is 45.6. The van der Waals surface area contributed by atoms with Crippen molar-refractivity contribution >= 4 is 15.6 Å². The van der Waals surface area contributed by atoms with Crippen LogP contribution in [0, 0.1) is 0 Å². The number of sulfone groups is 1. The van der Waals surface area contributed by atoms with Gasteiger partial charge in [0.25, 0.3) is 5.16 Å². The van der Waals surface area contributed by atoms with Crippen LogP contribution in [-0.2, 0) is 16.3 Å². The van der Waals surface area contributed by atoms with Crippen LogP contribution in [0.5, 0.6) is 6.01 Å². The minimum atomic E-state index is -4.17. The number of hydrogen-bond donors (Lipinski definition) is 0. The Morgan fingerprint density at radius 1 is 0.893 bits per heavy atom. The molecule has 2 aromatic carbocycles. The molecule has 1 aromatic heterocycles. The summed E-state index contributed by atoms with van der Waals surface area (Å²) in [4.78, 5) is 7.76. The summed E-state index contributed by atoms with van der Waals surface area (Å²) in [6.07, 6.45) is 3.69. The maximum atomic E-state index is 15.1. The fraction of sp³-hybridized carbons (Fsp3) is 0.143. The van der Waals surface area contributed by atoms with E-state index in [9.17, 15) is 8.42 Å². The van der Waals surface area contributed by atoms with E-state index in [-0.39, 0.29) is 11.8 Å². The van der Waals surface area contributed by atoms with Gasteiger partial charge in [-0.2, -0.15) is 4.39 Å². The Kier molecular flexibility index (Phi) is 6.49. The number of ether oxygens (including phenoxy) is 1. The summed E-state index contributed by atoms with van der Waals surface area (Å²) in [5.41, 5.74) is 1.29. The van der Waals surface area contributed by atoms with E-state index in [0.29, 0.717) is 18.4 Å². The third-order valence-corrected chi connectivity index (χ3v) is 5.50. The maximum Gasteiger partial charge on any atom is 0.321 e. The van der Waals surface area contributed by atoms with Gasteiger partial charge in [0, 0.05) is 18.0 Å². The number of nitrogens with zero attached hydrogens (tertiary/aromatic N) is 2. The summed E-state index contributed by atoms with van der Waals surface area (Å²) >= 11 is 0. The zero-order chi connectivity index (χ0) is 19.8. The van der Waals surface area contributed by atoms with Crippen molar-refractivity contribution in [1.29, 1.82) is 0 Å². The molecular formula is C21H19FN2O3S. The molecule has 3 rings (SSSR count). The van der Waals surface area contributed by atoms with Gasteiger partial charge in [0.05, 0.1) is 5.75 Å². The summed E-state index contributed by atoms with van der Waals surface area (Å²) in [5, 5.41) is -1.32. The fourth-order valence-corrected chi connectivity index (χ4v) is 3.72. The maximum absolute atomic E-state index is 15.1. The molecule has 1 heterocycles. The Morgan fingerprint density at radius 2 is 1.50 bits per heavy atom. The lowest BCUT2D eigenvalue weighted by atomic mass is 10.1. The monoisotopic (exact) mass is 398 g/mol. The highest BCUT2D eigenvalue weighted by atomic mass is 32.2. The SMILES string of the molecule is O=S(=O)(CCCc1ccccc1)/C(F)=C(\Oc1ncccn1)c1ccccc1. The minimum Gasteiger partial charge on any atom is -0.420 e. The van der Waals surface area contributed by atoms with Gasteiger partial charge < -0.3 is 4.74 Å². The van der Waals surface area contributed by atoms with E-state index in [0.717, 1.165) is 5.56 Å². The lowest BCUT2D eigenvalue weighted by Gasteiger charge is -2.11. The molecule has 28 heavy (non-hydrogen) atoms. The molecular weight excluding hydrogens is 379 g/mol. The van der Waals surface area contributed by atoms with Crippen molar-refractivity contribution in [3.8, 4) is 6.01 Å². The number of aryl methyl sites for hydroxylation is 1. The predicted molar refractivity (Wildman–Crippen MR) is 106 cm³/mol. The second-order valence-corrected chi connectivity index (χ2v) is 8.01. The molecule has 0 radical (unpaired) electrons. The number of aromatic nitrogens is 2. The molecule has 0 saturated carbocycles. The van der Waals surface area contributed by atoms with Crippen LogP contribution in [-0.4, -0.2) is 24.1 Å². The smallest absolute Gasteiger partial charge is 0.321 e. The molecule has 0 aliphatic carbocycles. The van der Waals surface area contributed by atoms with Crippen molar-refractivity contribution in [2.24, 2.45) is 0 Å². The molecule has 0 aliphatic heterocycles. The lowest BCUT2D eigenvalue weighted by molar-refractivity contribution is 0.454. The van der Waals surface area contributed by atoms with E-state index in [1.165, 1.54) is 12.4 Å². The van der Waals surface area contributed by atoms with E-state index in [4.69, 9.17) is 4.74 Å².